The predicted molar refractivity (Wildman–Crippen MR) is 120 cm³/mol. The van der Waals surface area contributed by atoms with E-state index >= 15 is 0 Å². The molecule has 3 aromatic rings. The van der Waals surface area contributed by atoms with E-state index in [9.17, 15) is 10.1 Å². The quantitative estimate of drug-likeness (QED) is 0.239. The minimum atomic E-state index is -0.396. The first-order valence-corrected chi connectivity index (χ1v) is 11.0. The van der Waals surface area contributed by atoms with E-state index in [-0.39, 0.29) is 11.8 Å². The van der Waals surface area contributed by atoms with Gasteiger partial charge in [0.25, 0.3) is 5.69 Å². The van der Waals surface area contributed by atoms with E-state index in [1.807, 2.05) is 31.2 Å². The third-order valence-electron chi connectivity index (χ3n) is 4.54. The van der Waals surface area contributed by atoms with Gasteiger partial charge in [-0.2, -0.15) is 0 Å². The van der Waals surface area contributed by atoms with Gasteiger partial charge in [-0.05, 0) is 42.7 Å². The van der Waals surface area contributed by atoms with Crippen LogP contribution >= 0.6 is 11.8 Å². The van der Waals surface area contributed by atoms with Crippen molar-refractivity contribution in [1.82, 2.24) is 14.8 Å². The molecule has 0 radical (unpaired) electrons. The maximum Gasteiger partial charge on any atom is 0.269 e. The highest BCUT2D eigenvalue weighted by molar-refractivity contribution is 7.98. The maximum absolute atomic E-state index is 10.8. The molecule has 2 aromatic carbocycles. The first-order chi connectivity index (χ1) is 14.9. The van der Waals surface area contributed by atoms with Crippen molar-refractivity contribution in [3.05, 3.63) is 70.0 Å². The van der Waals surface area contributed by atoms with E-state index < -0.39 is 4.92 Å². The number of thioether (sulfide) groups is 1. The molecule has 0 fully saturated rings. The van der Waals surface area contributed by atoms with Crippen molar-refractivity contribution in [2.45, 2.75) is 44.3 Å². The van der Waals surface area contributed by atoms with Gasteiger partial charge in [0.2, 0.25) is 0 Å². The number of aromatic nitrogens is 3. The number of non-ortho nitro benzene ring substituents is 1. The Bertz CT molecular complexity index is 1000. The molecule has 0 saturated heterocycles. The first kappa shape index (κ1) is 22.6. The van der Waals surface area contributed by atoms with Crippen LogP contribution in [0.15, 0.2) is 53.7 Å². The highest BCUT2D eigenvalue weighted by atomic mass is 32.2. The van der Waals surface area contributed by atoms with Gasteiger partial charge in [0.15, 0.2) is 17.1 Å². The third-order valence-corrected chi connectivity index (χ3v) is 5.58. The summed E-state index contributed by atoms with van der Waals surface area (Å²) in [6.45, 7) is 7.00. The number of methoxy groups -OCH3 is 1. The Morgan fingerprint density at radius 1 is 1.03 bits per heavy atom. The molecule has 0 aliphatic rings. The fourth-order valence-corrected chi connectivity index (χ4v) is 3.93. The molecule has 3 rings (SSSR count). The molecule has 1 heterocycles. The lowest BCUT2D eigenvalue weighted by molar-refractivity contribution is -0.384. The van der Waals surface area contributed by atoms with Crippen molar-refractivity contribution in [2.75, 3.05) is 7.11 Å². The second-order valence-electron chi connectivity index (χ2n) is 7.49. The van der Waals surface area contributed by atoms with E-state index in [1.54, 1.807) is 31.0 Å². The van der Waals surface area contributed by atoms with Crippen LogP contribution in [0.2, 0.25) is 0 Å². The Balaban J connectivity index is 1.74. The number of nitrogens with zero attached hydrogens (tertiary/aromatic N) is 4. The summed E-state index contributed by atoms with van der Waals surface area (Å²) < 4.78 is 13.4. The summed E-state index contributed by atoms with van der Waals surface area (Å²) in [4.78, 5) is 10.4. The van der Waals surface area contributed by atoms with Crippen LogP contribution in [0.1, 0.15) is 38.3 Å². The SMILES string of the molecule is COc1ccc(OC(C)c2nnc(SCc3ccc([N+](=O)[O-])cc3)n2CC(C)C)cc1. The fraction of sp³-hybridized carbons (Fsp3) is 0.364. The van der Waals surface area contributed by atoms with Gasteiger partial charge in [-0.3, -0.25) is 10.1 Å². The average Bonchev–Trinajstić information content (AvgIpc) is 3.15. The first-order valence-electron chi connectivity index (χ1n) is 9.97. The van der Waals surface area contributed by atoms with Crippen LogP contribution in [0.4, 0.5) is 5.69 Å². The molecule has 0 aliphatic carbocycles. The van der Waals surface area contributed by atoms with E-state index in [2.05, 4.69) is 28.6 Å². The summed E-state index contributed by atoms with van der Waals surface area (Å²) in [7, 11) is 1.63. The average molecular weight is 443 g/mol. The number of hydrogen-bond acceptors (Lipinski definition) is 7. The van der Waals surface area contributed by atoms with Crippen molar-refractivity contribution in [3.8, 4) is 11.5 Å². The monoisotopic (exact) mass is 442 g/mol. The van der Waals surface area contributed by atoms with Crippen molar-refractivity contribution >= 4 is 17.4 Å². The van der Waals surface area contributed by atoms with Crippen LogP contribution in [0.25, 0.3) is 0 Å². The van der Waals surface area contributed by atoms with E-state index in [0.717, 1.165) is 34.6 Å². The molecule has 1 aromatic heterocycles. The second kappa shape index (κ2) is 10.3. The highest BCUT2D eigenvalue weighted by Gasteiger charge is 2.20. The number of ether oxygens (including phenoxy) is 2. The smallest absolute Gasteiger partial charge is 0.269 e. The number of rotatable bonds is 10. The lowest BCUT2D eigenvalue weighted by atomic mass is 10.2. The predicted octanol–water partition coefficient (Wildman–Crippen LogP) is 5.28. The Morgan fingerprint density at radius 3 is 2.26 bits per heavy atom. The van der Waals surface area contributed by atoms with Crippen LogP contribution in [0, 0.1) is 16.0 Å². The largest absolute Gasteiger partial charge is 0.497 e. The Kier molecular flexibility index (Phi) is 7.51. The molecular weight excluding hydrogens is 416 g/mol. The van der Waals surface area contributed by atoms with Crippen molar-refractivity contribution in [2.24, 2.45) is 5.92 Å². The van der Waals surface area contributed by atoms with Gasteiger partial charge in [-0.25, -0.2) is 0 Å². The normalized spacial score (nSPS) is 12.0. The van der Waals surface area contributed by atoms with E-state index in [1.165, 1.54) is 12.1 Å². The van der Waals surface area contributed by atoms with E-state index in [4.69, 9.17) is 9.47 Å². The molecule has 8 nitrogen and oxygen atoms in total. The van der Waals surface area contributed by atoms with Crippen LogP contribution in [-0.4, -0.2) is 26.8 Å². The summed E-state index contributed by atoms with van der Waals surface area (Å²) in [6.07, 6.45) is -0.284. The summed E-state index contributed by atoms with van der Waals surface area (Å²) in [5.74, 6) is 3.31. The summed E-state index contributed by atoms with van der Waals surface area (Å²) in [5.41, 5.74) is 1.07. The van der Waals surface area contributed by atoms with Crippen LogP contribution in [-0.2, 0) is 12.3 Å². The molecule has 0 aliphatic heterocycles. The van der Waals surface area contributed by atoms with Gasteiger partial charge in [-0.15, -0.1) is 10.2 Å². The summed E-state index contributed by atoms with van der Waals surface area (Å²) in [5, 5.41) is 20.4. The zero-order chi connectivity index (χ0) is 22.4. The lowest BCUT2D eigenvalue weighted by Gasteiger charge is -2.18. The van der Waals surface area contributed by atoms with Gasteiger partial charge in [0, 0.05) is 24.4 Å². The molecule has 0 N–H and O–H groups in total. The van der Waals surface area contributed by atoms with Gasteiger partial charge >= 0.3 is 0 Å². The maximum atomic E-state index is 10.8. The van der Waals surface area contributed by atoms with Gasteiger partial charge in [0.05, 0.1) is 12.0 Å². The molecule has 9 heteroatoms. The molecule has 0 saturated carbocycles. The lowest BCUT2D eigenvalue weighted by Crippen LogP contribution is -2.15. The third kappa shape index (κ3) is 5.97. The van der Waals surface area contributed by atoms with Gasteiger partial charge in [0.1, 0.15) is 11.5 Å². The van der Waals surface area contributed by atoms with Crippen molar-refractivity contribution < 1.29 is 14.4 Å². The number of benzene rings is 2. The summed E-state index contributed by atoms with van der Waals surface area (Å²) in [6, 6.07) is 14.0. The Hall–Kier alpha value is -3.07. The number of hydrogen-bond donors (Lipinski definition) is 0. The highest BCUT2D eigenvalue weighted by Crippen LogP contribution is 2.28. The minimum absolute atomic E-state index is 0.0866. The Morgan fingerprint density at radius 2 is 1.68 bits per heavy atom. The van der Waals surface area contributed by atoms with Crippen LogP contribution in [0.3, 0.4) is 0 Å². The topological polar surface area (TPSA) is 92.3 Å². The van der Waals surface area contributed by atoms with Crippen LogP contribution in [0.5, 0.6) is 11.5 Å². The van der Waals surface area contributed by atoms with Crippen molar-refractivity contribution in [3.63, 3.8) is 0 Å². The van der Waals surface area contributed by atoms with Gasteiger partial charge in [-0.1, -0.05) is 37.7 Å². The van der Waals surface area contributed by atoms with Gasteiger partial charge < -0.3 is 14.0 Å². The van der Waals surface area contributed by atoms with E-state index in [0.29, 0.717) is 11.7 Å². The molecule has 0 amide bonds. The minimum Gasteiger partial charge on any atom is -0.497 e. The molecule has 0 spiro atoms. The second-order valence-corrected chi connectivity index (χ2v) is 8.44. The molecule has 1 atom stereocenters. The zero-order valence-electron chi connectivity index (χ0n) is 18.0. The molecule has 31 heavy (non-hydrogen) atoms. The van der Waals surface area contributed by atoms with Crippen molar-refractivity contribution in [1.29, 1.82) is 0 Å². The fourth-order valence-electron chi connectivity index (χ4n) is 3.02. The zero-order valence-corrected chi connectivity index (χ0v) is 18.8. The number of nitro groups is 1. The summed E-state index contributed by atoms with van der Waals surface area (Å²) >= 11 is 1.55. The molecule has 164 valence electrons. The standard InChI is InChI=1S/C22H26N4O4S/c1-15(2)13-25-21(16(3)30-20-11-9-19(29-4)10-12-20)23-24-22(25)31-14-17-5-7-18(8-6-17)26(27)28/h5-12,15-16H,13-14H2,1-4H3. The molecule has 0 bridgehead atoms. The molecule has 1 unspecified atom stereocenters. The Labute approximate surface area is 185 Å². The molecular formula is C22H26N4O4S. The number of nitro benzene ring substituents is 1. The van der Waals surface area contributed by atoms with Crippen LogP contribution < -0.4 is 9.47 Å².